The number of benzene rings is 1. The molecule has 0 aliphatic rings. The lowest BCUT2D eigenvalue weighted by Crippen LogP contribution is -2.21. The van der Waals surface area contributed by atoms with E-state index in [1.54, 1.807) is 13.0 Å². The molecule has 0 spiro atoms. The van der Waals surface area contributed by atoms with Gasteiger partial charge in [0.15, 0.2) is 0 Å². The Balaban J connectivity index is 2.43. The largest absolute Gasteiger partial charge is 0.308 e. The number of halogens is 2. The molecule has 0 aliphatic carbocycles. The Morgan fingerprint density at radius 1 is 1.05 bits per heavy atom. The van der Waals surface area contributed by atoms with E-state index < -0.39 is 11.6 Å². The molecule has 3 rings (SSSR count). The average molecular weight is 317 g/mol. The van der Waals surface area contributed by atoms with Gasteiger partial charge in [-0.05, 0) is 36.6 Å². The van der Waals surface area contributed by atoms with Crippen LogP contribution in [0.3, 0.4) is 0 Å². The summed E-state index contributed by atoms with van der Waals surface area (Å²) in [4.78, 5) is 13.0. The van der Waals surface area contributed by atoms with Gasteiger partial charge in [-0.3, -0.25) is 4.79 Å². The van der Waals surface area contributed by atoms with Crippen LogP contribution in [-0.2, 0) is 6.54 Å². The van der Waals surface area contributed by atoms with Crippen molar-refractivity contribution < 1.29 is 8.78 Å². The molecule has 3 aromatic rings. The van der Waals surface area contributed by atoms with Crippen LogP contribution in [0.15, 0.2) is 52.6 Å². The van der Waals surface area contributed by atoms with E-state index in [1.165, 1.54) is 40.2 Å². The molecule has 22 heavy (non-hydrogen) atoms. The van der Waals surface area contributed by atoms with E-state index in [4.69, 9.17) is 0 Å². The Morgan fingerprint density at radius 2 is 1.77 bits per heavy atom. The van der Waals surface area contributed by atoms with Gasteiger partial charge < -0.3 is 4.57 Å². The first-order chi connectivity index (χ1) is 10.6. The van der Waals surface area contributed by atoms with E-state index in [1.807, 2.05) is 17.5 Å². The van der Waals surface area contributed by atoms with Gasteiger partial charge in [0.05, 0.1) is 11.3 Å². The van der Waals surface area contributed by atoms with E-state index >= 15 is 0 Å². The average Bonchev–Trinajstić information content (AvgIpc) is 3.01. The minimum absolute atomic E-state index is 0.162. The lowest BCUT2D eigenvalue weighted by molar-refractivity contribution is 0.584. The summed E-state index contributed by atoms with van der Waals surface area (Å²) in [6.07, 6.45) is 0. The number of aromatic nitrogens is 1. The maximum atomic E-state index is 14.3. The van der Waals surface area contributed by atoms with Crippen LogP contribution in [0.25, 0.3) is 21.7 Å². The molecular formula is C17H13F2NOS. The summed E-state index contributed by atoms with van der Waals surface area (Å²) in [7, 11) is 0. The van der Waals surface area contributed by atoms with Crippen molar-refractivity contribution in [3.8, 4) is 21.7 Å². The molecule has 1 aromatic carbocycles. The number of rotatable bonds is 3. The molecule has 0 atom stereocenters. The van der Waals surface area contributed by atoms with Crippen LogP contribution in [0.2, 0.25) is 0 Å². The predicted molar refractivity (Wildman–Crippen MR) is 85.0 cm³/mol. The highest BCUT2D eigenvalue weighted by Crippen LogP contribution is 2.36. The Kier molecular flexibility index (Phi) is 3.90. The van der Waals surface area contributed by atoms with Crippen LogP contribution in [-0.4, -0.2) is 4.57 Å². The second-order valence-corrected chi connectivity index (χ2v) is 5.70. The van der Waals surface area contributed by atoms with Gasteiger partial charge in [0.1, 0.15) is 11.6 Å². The molecule has 0 amide bonds. The highest BCUT2D eigenvalue weighted by Gasteiger charge is 2.20. The Labute approximate surface area is 130 Å². The van der Waals surface area contributed by atoms with Crippen LogP contribution >= 0.6 is 11.3 Å². The second kappa shape index (κ2) is 5.85. The molecule has 0 saturated heterocycles. The zero-order valence-electron chi connectivity index (χ0n) is 11.8. The third-order valence-corrected chi connectivity index (χ3v) is 4.39. The molecule has 0 saturated carbocycles. The van der Waals surface area contributed by atoms with Crippen molar-refractivity contribution in [3.05, 3.63) is 69.8 Å². The van der Waals surface area contributed by atoms with Gasteiger partial charge in [0, 0.05) is 23.1 Å². The van der Waals surface area contributed by atoms with Crippen molar-refractivity contribution in [2.75, 3.05) is 0 Å². The quantitative estimate of drug-likeness (QED) is 0.695. The Bertz CT molecular complexity index is 849. The number of thiophene rings is 1. The van der Waals surface area contributed by atoms with Crippen molar-refractivity contribution in [1.29, 1.82) is 0 Å². The standard InChI is InChI=1S/C17H13F2NOS/c1-2-20-15(21)9-8-11(14-7-4-10-22-14)17(20)16-12(18)5-3-6-13(16)19/h3-10H,2H2,1H3. The number of hydrogen-bond donors (Lipinski definition) is 0. The predicted octanol–water partition coefficient (Wildman–Crippen LogP) is 4.54. The van der Waals surface area contributed by atoms with Crippen LogP contribution in [0, 0.1) is 11.6 Å². The van der Waals surface area contributed by atoms with Gasteiger partial charge in [-0.25, -0.2) is 8.78 Å². The minimum atomic E-state index is -0.675. The van der Waals surface area contributed by atoms with Gasteiger partial charge in [-0.1, -0.05) is 12.1 Å². The summed E-state index contributed by atoms with van der Waals surface area (Å²) in [6, 6.07) is 10.5. The SMILES string of the molecule is CCn1c(-c2c(F)cccc2F)c(-c2cccs2)ccc1=O. The fraction of sp³-hybridized carbons (Fsp3) is 0.118. The molecule has 2 aromatic heterocycles. The van der Waals surface area contributed by atoms with Crippen molar-refractivity contribution in [1.82, 2.24) is 4.57 Å². The Hall–Kier alpha value is -2.27. The van der Waals surface area contributed by atoms with Gasteiger partial charge in [-0.15, -0.1) is 11.3 Å². The minimum Gasteiger partial charge on any atom is -0.308 e. The zero-order valence-corrected chi connectivity index (χ0v) is 12.7. The van der Waals surface area contributed by atoms with Crippen LogP contribution in [0.1, 0.15) is 6.92 Å². The summed E-state index contributed by atoms with van der Waals surface area (Å²) in [5, 5.41) is 1.89. The van der Waals surface area contributed by atoms with E-state index in [-0.39, 0.29) is 16.8 Å². The molecule has 0 N–H and O–H groups in total. The van der Waals surface area contributed by atoms with Gasteiger partial charge in [0.2, 0.25) is 0 Å². The topological polar surface area (TPSA) is 22.0 Å². The van der Waals surface area contributed by atoms with Gasteiger partial charge in [0.25, 0.3) is 5.56 Å². The summed E-state index contributed by atoms with van der Waals surface area (Å²) in [6.45, 7) is 2.11. The summed E-state index contributed by atoms with van der Waals surface area (Å²) in [5.74, 6) is -1.35. The summed E-state index contributed by atoms with van der Waals surface area (Å²) in [5.41, 5.74) is 0.499. The lowest BCUT2D eigenvalue weighted by Gasteiger charge is -2.16. The number of hydrogen-bond acceptors (Lipinski definition) is 2. The van der Waals surface area contributed by atoms with Crippen molar-refractivity contribution in [2.24, 2.45) is 0 Å². The Morgan fingerprint density at radius 3 is 2.36 bits per heavy atom. The van der Waals surface area contributed by atoms with E-state index in [0.717, 1.165) is 4.88 Å². The second-order valence-electron chi connectivity index (χ2n) is 4.75. The van der Waals surface area contributed by atoms with Crippen LogP contribution in [0.5, 0.6) is 0 Å². The molecule has 0 unspecified atom stereocenters. The third-order valence-electron chi connectivity index (χ3n) is 3.49. The van der Waals surface area contributed by atoms with E-state index in [9.17, 15) is 13.6 Å². The normalized spacial score (nSPS) is 10.9. The van der Waals surface area contributed by atoms with E-state index in [0.29, 0.717) is 12.1 Å². The first kappa shape index (κ1) is 14.7. The summed E-state index contributed by atoms with van der Waals surface area (Å²) < 4.78 is 29.9. The lowest BCUT2D eigenvalue weighted by atomic mass is 10.0. The molecular weight excluding hydrogens is 304 g/mol. The molecule has 5 heteroatoms. The number of pyridine rings is 1. The van der Waals surface area contributed by atoms with Crippen LogP contribution in [0.4, 0.5) is 8.78 Å². The molecule has 2 heterocycles. The third kappa shape index (κ3) is 2.37. The fourth-order valence-corrected chi connectivity index (χ4v) is 3.27. The van der Waals surface area contributed by atoms with E-state index in [2.05, 4.69) is 0 Å². The first-order valence-electron chi connectivity index (χ1n) is 6.85. The van der Waals surface area contributed by atoms with Crippen molar-refractivity contribution >= 4 is 11.3 Å². The van der Waals surface area contributed by atoms with Gasteiger partial charge >= 0.3 is 0 Å². The number of nitrogens with zero attached hydrogens (tertiary/aromatic N) is 1. The molecule has 0 fully saturated rings. The van der Waals surface area contributed by atoms with Crippen LogP contribution < -0.4 is 5.56 Å². The molecule has 0 bridgehead atoms. The first-order valence-corrected chi connectivity index (χ1v) is 7.73. The maximum Gasteiger partial charge on any atom is 0.251 e. The highest BCUT2D eigenvalue weighted by atomic mass is 32.1. The highest BCUT2D eigenvalue weighted by molar-refractivity contribution is 7.13. The van der Waals surface area contributed by atoms with Crippen molar-refractivity contribution in [2.45, 2.75) is 13.5 Å². The molecule has 112 valence electrons. The molecule has 0 aliphatic heterocycles. The van der Waals surface area contributed by atoms with Crippen molar-refractivity contribution in [3.63, 3.8) is 0 Å². The smallest absolute Gasteiger partial charge is 0.251 e. The monoisotopic (exact) mass is 317 g/mol. The zero-order chi connectivity index (χ0) is 15.7. The maximum absolute atomic E-state index is 14.3. The summed E-state index contributed by atoms with van der Waals surface area (Å²) >= 11 is 1.46. The fourth-order valence-electron chi connectivity index (χ4n) is 2.52. The van der Waals surface area contributed by atoms with Gasteiger partial charge in [-0.2, -0.15) is 0 Å². The molecule has 2 nitrogen and oxygen atoms in total. The molecule has 0 radical (unpaired) electrons.